The molecule has 1 aromatic heterocycles. The normalized spacial score (nSPS) is 11.2. The van der Waals surface area contributed by atoms with Crippen molar-refractivity contribution in [3.8, 4) is 0 Å². The number of aryl methyl sites for hydroxylation is 1. The third kappa shape index (κ3) is 4.81. The Bertz CT molecular complexity index is 525. The Morgan fingerprint density at radius 3 is 2.65 bits per heavy atom. The number of aromatic nitrogens is 1. The highest BCUT2D eigenvalue weighted by Gasteiger charge is 2.07. The van der Waals surface area contributed by atoms with Gasteiger partial charge in [-0.25, -0.2) is 18.2 Å². The quantitative estimate of drug-likeness (QED) is 0.800. The number of carboxylic acid groups (broad SMARTS) is 1. The lowest BCUT2D eigenvalue weighted by Gasteiger charge is -2.06. The zero-order chi connectivity index (χ0) is 13.1. The van der Waals surface area contributed by atoms with Crippen LogP contribution < -0.4 is 5.32 Å². The lowest BCUT2D eigenvalue weighted by molar-refractivity contribution is 0.0696. The Balaban J connectivity index is 2.75. The van der Waals surface area contributed by atoms with E-state index in [1.807, 2.05) is 0 Å². The number of hydrogen-bond acceptors (Lipinski definition) is 5. The van der Waals surface area contributed by atoms with Gasteiger partial charge < -0.3 is 10.4 Å². The fraction of sp³-hybridized carbons (Fsp3) is 0.400. The molecule has 0 bridgehead atoms. The van der Waals surface area contributed by atoms with Gasteiger partial charge in [-0.2, -0.15) is 0 Å². The van der Waals surface area contributed by atoms with Crippen molar-refractivity contribution >= 4 is 21.6 Å². The Morgan fingerprint density at radius 2 is 2.12 bits per heavy atom. The van der Waals surface area contributed by atoms with Gasteiger partial charge in [0, 0.05) is 18.5 Å². The lowest BCUT2D eigenvalue weighted by atomic mass is 10.2. The molecule has 0 fully saturated rings. The fourth-order valence-corrected chi connectivity index (χ4v) is 1.72. The molecule has 0 aliphatic carbocycles. The molecule has 1 rings (SSSR count). The minimum Gasteiger partial charge on any atom is -0.478 e. The molecule has 17 heavy (non-hydrogen) atoms. The van der Waals surface area contributed by atoms with Gasteiger partial charge in [0.15, 0.2) is 0 Å². The van der Waals surface area contributed by atoms with Gasteiger partial charge in [-0.15, -0.1) is 0 Å². The topological polar surface area (TPSA) is 96.4 Å². The maximum atomic E-state index is 10.9. The maximum absolute atomic E-state index is 10.9. The lowest BCUT2D eigenvalue weighted by Crippen LogP contribution is -2.15. The molecule has 7 heteroatoms. The summed E-state index contributed by atoms with van der Waals surface area (Å²) in [5.41, 5.74) is 0.686. The van der Waals surface area contributed by atoms with Gasteiger partial charge >= 0.3 is 5.97 Å². The smallest absolute Gasteiger partial charge is 0.335 e. The Labute approximate surface area is 99.6 Å². The summed E-state index contributed by atoms with van der Waals surface area (Å²) >= 11 is 0. The molecule has 6 nitrogen and oxygen atoms in total. The predicted molar refractivity (Wildman–Crippen MR) is 64.1 cm³/mol. The number of nitrogens with one attached hydrogen (secondary N) is 1. The Hall–Kier alpha value is -1.63. The molecular formula is C10H14N2O4S. The van der Waals surface area contributed by atoms with Gasteiger partial charge in [-0.3, -0.25) is 0 Å². The number of carboxylic acids is 1. The van der Waals surface area contributed by atoms with E-state index in [-0.39, 0.29) is 17.9 Å². The maximum Gasteiger partial charge on any atom is 0.335 e. The van der Waals surface area contributed by atoms with Crippen LogP contribution in [0.15, 0.2) is 12.1 Å². The molecule has 0 spiro atoms. The van der Waals surface area contributed by atoms with Gasteiger partial charge in [0.25, 0.3) is 0 Å². The van der Waals surface area contributed by atoms with Crippen molar-refractivity contribution in [2.24, 2.45) is 0 Å². The molecule has 1 aromatic rings. The summed E-state index contributed by atoms with van der Waals surface area (Å²) in [6.45, 7) is 1.88. The molecule has 0 aliphatic rings. The number of carbonyl (C=O) groups is 1. The van der Waals surface area contributed by atoms with Crippen molar-refractivity contribution < 1.29 is 18.3 Å². The first-order chi connectivity index (χ1) is 7.78. The van der Waals surface area contributed by atoms with Crippen LogP contribution in [0, 0.1) is 6.92 Å². The summed E-state index contributed by atoms with van der Waals surface area (Å²) in [6, 6.07) is 2.82. The van der Waals surface area contributed by atoms with Crippen molar-refractivity contribution in [3.63, 3.8) is 0 Å². The molecule has 0 aliphatic heterocycles. The molecule has 1 heterocycles. The molecule has 0 saturated carbocycles. The third-order valence-electron chi connectivity index (χ3n) is 1.98. The highest BCUT2D eigenvalue weighted by molar-refractivity contribution is 7.90. The highest BCUT2D eigenvalue weighted by Crippen LogP contribution is 2.09. The van der Waals surface area contributed by atoms with Gasteiger partial charge in [0.2, 0.25) is 0 Å². The zero-order valence-corrected chi connectivity index (χ0v) is 10.4. The van der Waals surface area contributed by atoms with Crippen LogP contribution in [-0.4, -0.2) is 43.0 Å². The van der Waals surface area contributed by atoms with Crippen molar-refractivity contribution in [3.05, 3.63) is 23.4 Å². The summed E-state index contributed by atoms with van der Waals surface area (Å²) in [5.74, 6) is -0.696. The van der Waals surface area contributed by atoms with E-state index in [4.69, 9.17) is 5.11 Å². The van der Waals surface area contributed by atoms with E-state index in [0.29, 0.717) is 11.5 Å². The molecule has 0 saturated heterocycles. The third-order valence-corrected chi connectivity index (χ3v) is 2.93. The summed E-state index contributed by atoms with van der Waals surface area (Å²) in [7, 11) is -3.04. The summed E-state index contributed by atoms with van der Waals surface area (Å²) in [5, 5.41) is 11.6. The van der Waals surface area contributed by atoms with Crippen LogP contribution >= 0.6 is 0 Å². The van der Waals surface area contributed by atoms with Crippen molar-refractivity contribution in [2.75, 3.05) is 23.9 Å². The number of nitrogens with zero attached hydrogens (tertiary/aromatic N) is 1. The largest absolute Gasteiger partial charge is 0.478 e. The minimum absolute atomic E-state index is 0.0228. The summed E-state index contributed by atoms with van der Waals surface area (Å²) in [6.07, 6.45) is 1.14. The first-order valence-electron chi connectivity index (χ1n) is 4.91. The molecule has 0 atom stereocenters. The molecule has 0 amide bonds. The molecule has 0 aromatic carbocycles. The van der Waals surface area contributed by atoms with Gasteiger partial charge in [0.1, 0.15) is 15.7 Å². The van der Waals surface area contributed by atoms with Crippen LogP contribution in [0.1, 0.15) is 16.1 Å². The Kier molecular flexibility index (Phi) is 4.06. The van der Waals surface area contributed by atoms with E-state index in [9.17, 15) is 13.2 Å². The van der Waals surface area contributed by atoms with Crippen molar-refractivity contribution in [1.29, 1.82) is 0 Å². The van der Waals surface area contributed by atoms with Crippen LogP contribution in [0.25, 0.3) is 0 Å². The van der Waals surface area contributed by atoms with Crippen LogP contribution in [-0.2, 0) is 9.84 Å². The standard InChI is InChI=1S/C10H14N2O4S/c1-7-5-8(10(13)14)6-9(12-7)11-3-4-17(2,15)16/h5-6H,3-4H2,1-2H3,(H,11,12)(H,13,14). The monoisotopic (exact) mass is 258 g/mol. The average molecular weight is 258 g/mol. The van der Waals surface area contributed by atoms with E-state index < -0.39 is 15.8 Å². The predicted octanol–water partition coefficient (Wildman–Crippen LogP) is 0.545. The number of rotatable bonds is 5. The van der Waals surface area contributed by atoms with Gasteiger partial charge in [0.05, 0.1) is 11.3 Å². The number of anilines is 1. The molecular weight excluding hydrogens is 244 g/mol. The van der Waals surface area contributed by atoms with Crippen LogP contribution in [0.3, 0.4) is 0 Å². The van der Waals surface area contributed by atoms with E-state index >= 15 is 0 Å². The SMILES string of the molecule is Cc1cc(C(=O)O)cc(NCCS(C)(=O)=O)n1. The summed E-state index contributed by atoms with van der Waals surface area (Å²) in [4.78, 5) is 14.9. The van der Waals surface area contributed by atoms with Crippen LogP contribution in [0.5, 0.6) is 0 Å². The second-order valence-corrected chi connectivity index (χ2v) is 6.00. The molecule has 0 radical (unpaired) electrons. The highest BCUT2D eigenvalue weighted by atomic mass is 32.2. The van der Waals surface area contributed by atoms with E-state index in [1.54, 1.807) is 6.92 Å². The fourth-order valence-electron chi connectivity index (χ4n) is 1.25. The van der Waals surface area contributed by atoms with E-state index in [1.165, 1.54) is 12.1 Å². The Morgan fingerprint density at radius 1 is 1.47 bits per heavy atom. The van der Waals surface area contributed by atoms with Crippen LogP contribution in [0.4, 0.5) is 5.82 Å². The van der Waals surface area contributed by atoms with Gasteiger partial charge in [-0.05, 0) is 19.1 Å². The molecule has 94 valence electrons. The number of aromatic carboxylic acids is 1. The number of pyridine rings is 1. The zero-order valence-electron chi connectivity index (χ0n) is 9.60. The molecule has 0 unspecified atom stereocenters. The second kappa shape index (κ2) is 5.13. The van der Waals surface area contributed by atoms with E-state index in [0.717, 1.165) is 6.26 Å². The average Bonchev–Trinajstić information content (AvgIpc) is 2.14. The van der Waals surface area contributed by atoms with Crippen LogP contribution in [0.2, 0.25) is 0 Å². The van der Waals surface area contributed by atoms with Gasteiger partial charge in [-0.1, -0.05) is 0 Å². The van der Waals surface area contributed by atoms with Crippen molar-refractivity contribution in [1.82, 2.24) is 4.98 Å². The number of hydrogen-bond donors (Lipinski definition) is 2. The first-order valence-corrected chi connectivity index (χ1v) is 6.97. The number of sulfone groups is 1. The first kappa shape index (κ1) is 13.4. The summed E-state index contributed by atoms with van der Waals surface area (Å²) < 4.78 is 21.8. The second-order valence-electron chi connectivity index (χ2n) is 3.74. The van der Waals surface area contributed by atoms with Crippen molar-refractivity contribution in [2.45, 2.75) is 6.92 Å². The van der Waals surface area contributed by atoms with E-state index in [2.05, 4.69) is 10.3 Å². The minimum atomic E-state index is -3.04. The molecule has 2 N–H and O–H groups in total.